The van der Waals surface area contributed by atoms with Crippen LogP contribution in [0.1, 0.15) is 46.1 Å². The highest BCUT2D eigenvalue weighted by atomic mass is 32.1. The first-order valence-corrected chi connectivity index (χ1v) is 6.77. The third-order valence-corrected chi connectivity index (χ3v) is 4.44. The van der Waals surface area contributed by atoms with Crippen molar-refractivity contribution in [1.82, 2.24) is 9.88 Å². The van der Waals surface area contributed by atoms with Crippen LogP contribution in [0.4, 0.5) is 0 Å². The van der Waals surface area contributed by atoms with Crippen molar-refractivity contribution in [2.75, 3.05) is 13.1 Å². The molecule has 2 heterocycles. The first-order chi connectivity index (χ1) is 8.49. The largest absolute Gasteiger partial charge is 0.476 e. The fourth-order valence-corrected chi connectivity index (χ4v) is 3.31. The Morgan fingerprint density at radius 1 is 1.39 bits per heavy atom. The Morgan fingerprint density at radius 3 is 2.44 bits per heavy atom. The van der Waals surface area contributed by atoms with Crippen molar-refractivity contribution in [3.63, 3.8) is 0 Å². The highest BCUT2D eigenvalue weighted by Crippen LogP contribution is 2.32. The molecule has 1 N–H and O–H groups in total. The van der Waals surface area contributed by atoms with Crippen LogP contribution in [0, 0.1) is 6.92 Å². The first-order valence-electron chi connectivity index (χ1n) is 5.95. The lowest BCUT2D eigenvalue weighted by atomic mass is 9.97. The Bertz CT molecular complexity index is 476. The van der Waals surface area contributed by atoms with Crippen LogP contribution in [-0.2, 0) is 4.79 Å². The number of carboxylic acids is 1. The second-order valence-electron chi connectivity index (χ2n) is 4.54. The van der Waals surface area contributed by atoms with E-state index < -0.39 is 5.97 Å². The number of carboxylic acid groups (broad SMARTS) is 1. The molecule has 0 unspecified atom stereocenters. The van der Waals surface area contributed by atoms with Gasteiger partial charge in [-0.2, -0.15) is 0 Å². The van der Waals surface area contributed by atoms with Gasteiger partial charge in [-0.3, -0.25) is 4.79 Å². The summed E-state index contributed by atoms with van der Waals surface area (Å²) in [5, 5.41) is 9.88. The van der Waals surface area contributed by atoms with E-state index in [9.17, 15) is 9.59 Å². The zero-order valence-corrected chi connectivity index (χ0v) is 11.3. The van der Waals surface area contributed by atoms with Gasteiger partial charge in [-0.1, -0.05) is 0 Å². The molecule has 18 heavy (non-hydrogen) atoms. The molecule has 0 spiro atoms. The number of hydrogen-bond acceptors (Lipinski definition) is 4. The Morgan fingerprint density at radius 2 is 2.00 bits per heavy atom. The Kier molecular flexibility index (Phi) is 3.65. The van der Waals surface area contributed by atoms with E-state index in [1.165, 1.54) is 11.3 Å². The van der Waals surface area contributed by atoms with E-state index in [1.54, 1.807) is 13.8 Å². The number of carbonyl (C=O) groups is 2. The number of likely N-dealkylation sites (tertiary alicyclic amines) is 1. The number of amides is 1. The van der Waals surface area contributed by atoms with E-state index in [0.29, 0.717) is 0 Å². The number of rotatable bonds is 2. The van der Waals surface area contributed by atoms with Crippen LogP contribution in [0.15, 0.2) is 0 Å². The van der Waals surface area contributed by atoms with Gasteiger partial charge in [0, 0.05) is 30.8 Å². The predicted molar refractivity (Wildman–Crippen MR) is 68.0 cm³/mol. The molecule has 0 radical (unpaired) electrons. The van der Waals surface area contributed by atoms with Crippen LogP contribution in [0.5, 0.6) is 0 Å². The van der Waals surface area contributed by atoms with E-state index in [0.717, 1.165) is 35.8 Å². The van der Waals surface area contributed by atoms with Crippen LogP contribution in [0.2, 0.25) is 0 Å². The molecule has 0 atom stereocenters. The molecule has 2 rings (SSSR count). The van der Waals surface area contributed by atoms with Crippen molar-refractivity contribution < 1.29 is 14.7 Å². The van der Waals surface area contributed by atoms with Crippen molar-refractivity contribution >= 4 is 23.2 Å². The standard InChI is InChI=1S/C12H16N2O3S/c1-7-10(12(16)17)13-11(18-7)9-3-5-14(6-4-9)8(2)15/h9H,3-6H2,1-2H3,(H,16,17). The van der Waals surface area contributed by atoms with E-state index in [4.69, 9.17) is 5.11 Å². The van der Waals surface area contributed by atoms with Gasteiger partial charge in [-0.15, -0.1) is 11.3 Å². The minimum atomic E-state index is -0.962. The Hall–Kier alpha value is -1.43. The summed E-state index contributed by atoms with van der Waals surface area (Å²) < 4.78 is 0. The van der Waals surface area contributed by atoms with E-state index in [2.05, 4.69) is 4.98 Å². The van der Waals surface area contributed by atoms with Gasteiger partial charge >= 0.3 is 5.97 Å². The topological polar surface area (TPSA) is 70.5 Å². The van der Waals surface area contributed by atoms with Crippen molar-refractivity contribution in [3.05, 3.63) is 15.6 Å². The lowest BCUT2D eigenvalue weighted by Gasteiger charge is -2.30. The minimum absolute atomic E-state index is 0.106. The van der Waals surface area contributed by atoms with Gasteiger partial charge in [0.2, 0.25) is 5.91 Å². The molecular weight excluding hydrogens is 252 g/mol. The number of thiazole rings is 1. The van der Waals surface area contributed by atoms with Crippen LogP contribution >= 0.6 is 11.3 Å². The number of aryl methyl sites for hydroxylation is 1. The third-order valence-electron chi connectivity index (χ3n) is 3.31. The molecule has 0 aromatic carbocycles. The molecule has 1 fully saturated rings. The zero-order chi connectivity index (χ0) is 13.3. The molecule has 1 aromatic heterocycles. The fraction of sp³-hybridized carbons (Fsp3) is 0.583. The van der Waals surface area contributed by atoms with Crippen molar-refractivity contribution in [1.29, 1.82) is 0 Å². The fourth-order valence-electron chi connectivity index (χ4n) is 2.23. The van der Waals surface area contributed by atoms with E-state index in [1.807, 2.05) is 4.90 Å². The van der Waals surface area contributed by atoms with Gasteiger partial charge in [0.05, 0.1) is 5.01 Å². The Balaban J connectivity index is 2.08. The summed E-state index contributed by atoms with van der Waals surface area (Å²) in [6, 6.07) is 0. The second-order valence-corrected chi connectivity index (χ2v) is 5.78. The number of hydrogen-bond donors (Lipinski definition) is 1. The van der Waals surface area contributed by atoms with E-state index >= 15 is 0 Å². The number of nitrogens with zero attached hydrogens (tertiary/aromatic N) is 2. The molecule has 1 aromatic rings. The maximum atomic E-state index is 11.2. The van der Waals surface area contributed by atoms with Crippen LogP contribution in [-0.4, -0.2) is 40.0 Å². The molecule has 98 valence electrons. The maximum absolute atomic E-state index is 11.2. The molecule has 0 saturated carbocycles. The summed E-state index contributed by atoms with van der Waals surface area (Å²) in [6.45, 7) is 4.84. The maximum Gasteiger partial charge on any atom is 0.355 e. The van der Waals surface area contributed by atoms with Crippen molar-refractivity contribution in [2.45, 2.75) is 32.6 Å². The molecular formula is C12H16N2O3S. The summed E-state index contributed by atoms with van der Waals surface area (Å²) in [7, 11) is 0. The summed E-state index contributed by atoms with van der Waals surface area (Å²) in [4.78, 5) is 29.0. The molecule has 1 aliphatic rings. The molecule has 1 amide bonds. The van der Waals surface area contributed by atoms with Gasteiger partial charge in [0.1, 0.15) is 0 Å². The number of aromatic carboxylic acids is 1. The molecule has 0 bridgehead atoms. The SMILES string of the molecule is CC(=O)N1CCC(c2nc(C(=O)O)c(C)s2)CC1. The molecule has 0 aliphatic carbocycles. The summed E-state index contributed by atoms with van der Waals surface area (Å²) >= 11 is 1.46. The smallest absolute Gasteiger partial charge is 0.355 e. The molecule has 5 nitrogen and oxygen atoms in total. The summed E-state index contributed by atoms with van der Waals surface area (Å²) in [5.74, 6) is -0.566. The van der Waals surface area contributed by atoms with Gasteiger partial charge in [-0.25, -0.2) is 9.78 Å². The minimum Gasteiger partial charge on any atom is -0.476 e. The average molecular weight is 268 g/mol. The summed E-state index contributed by atoms with van der Waals surface area (Å²) in [6.07, 6.45) is 1.73. The highest BCUT2D eigenvalue weighted by Gasteiger charge is 2.26. The van der Waals surface area contributed by atoms with Crippen LogP contribution in [0.3, 0.4) is 0 Å². The van der Waals surface area contributed by atoms with Gasteiger partial charge in [0.15, 0.2) is 5.69 Å². The summed E-state index contributed by atoms with van der Waals surface area (Å²) in [5.41, 5.74) is 0.170. The Labute approximate surface area is 109 Å². The van der Waals surface area contributed by atoms with Gasteiger partial charge in [0.25, 0.3) is 0 Å². The van der Waals surface area contributed by atoms with Crippen molar-refractivity contribution in [2.24, 2.45) is 0 Å². The molecule has 6 heteroatoms. The second kappa shape index (κ2) is 5.06. The van der Waals surface area contributed by atoms with Crippen LogP contribution < -0.4 is 0 Å². The van der Waals surface area contributed by atoms with Crippen molar-refractivity contribution in [3.8, 4) is 0 Å². The number of aromatic nitrogens is 1. The van der Waals surface area contributed by atoms with Gasteiger partial charge in [-0.05, 0) is 19.8 Å². The quantitative estimate of drug-likeness (QED) is 0.889. The highest BCUT2D eigenvalue weighted by molar-refractivity contribution is 7.12. The first kappa shape index (κ1) is 13.0. The zero-order valence-electron chi connectivity index (χ0n) is 10.5. The average Bonchev–Trinajstić information content (AvgIpc) is 2.71. The number of carbonyl (C=O) groups excluding carboxylic acids is 1. The third kappa shape index (κ3) is 2.53. The van der Waals surface area contributed by atoms with Gasteiger partial charge < -0.3 is 10.0 Å². The molecule has 1 saturated heterocycles. The lowest BCUT2D eigenvalue weighted by molar-refractivity contribution is -0.129. The molecule has 1 aliphatic heterocycles. The predicted octanol–water partition coefficient (Wildman–Crippen LogP) is 1.88. The van der Waals surface area contributed by atoms with E-state index in [-0.39, 0.29) is 17.5 Å². The van der Waals surface area contributed by atoms with Crippen LogP contribution in [0.25, 0.3) is 0 Å². The number of piperidine rings is 1. The monoisotopic (exact) mass is 268 g/mol. The normalized spacial score (nSPS) is 16.9. The lowest BCUT2D eigenvalue weighted by Crippen LogP contribution is -2.36.